The predicted octanol–water partition coefficient (Wildman–Crippen LogP) is 3.21. The molecule has 0 bridgehead atoms. The molecule has 2 nitrogen and oxygen atoms in total. The molecule has 0 atom stereocenters. The Morgan fingerprint density at radius 2 is 2.20 bits per heavy atom. The Morgan fingerprint density at radius 1 is 1.47 bits per heavy atom. The largest absolute Gasteiger partial charge is 0.326 e. The van der Waals surface area contributed by atoms with E-state index in [0.717, 1.165) is 17.7 Å². The number of nitrogens with one attached hydrogen (secondary N) is 1. The summed E-state index contributed by atoms with van der Waals surface area (Å²) in [6.07, 6.45) is 2.97. The number of carbonyl (C=O) groups excluding carboxylic acids is 1. The third kappa shape index (κ3) is 3.24. The van der Waals surface area contributed by atoms with E-state index in [1.165, 1.54) is 5.56 Å². The van der Waals surface area contributed by atoms with Crippen LogP contribution >= 0.6 is 0 Å². The topological polar surface area (TPSA) is 29.1 Å². The summed E-state index contributed by atoms with van der Waals surface area (Å²) >= 11 is 0. The Kier molecular flexibility index (Phi) is 4.10. The van der Waals surface area contributed by atoms with Crippen LogP contribution in [-0.2, 0) is 4.79 Å². The van der Waals surface area contributed by atoms with Crippen LogP contribution in [0.4, 0.5) is 5.69 Å². The van der Waals surface area contributed by atoms with Crippen molar-refractivity contribution in [2.24, 2.45) is 0 Å². The molecule has 0 unspecified atom stereocenters. The minimum absolute atomic E-state index is 0.0450. The number of hydrogen-bond acceptors (Lipinski definition) is 1. The second-order valence-electron chi connectivity index (χ2n) is 3.62. The van der Waals surface area contributed by atoms with Gasteiger partial charge in [0.05, 0.1) is 0 Å². The quantitative estimate of drug-likeness (QED) is 0.748. The summed E-state index contributed by atoms with van der Waals surface area (Å²) in [6, 6.07) is 5.91. The van der Waals surface area contributed by atoms with E-state index in [-0.39, 0.29) is 5.91 Å². The van der Waals surface area contributed by atoms with Crippen molar-refractivity contribution in [3.05, 3.63) is 42.0 Å². The third-order valence-corrected chi connectivity index (χ3v) is 2.45. The Bertz CT molecular complexity index is 369. The van der Waals surface area contributed by atoms with E-state index in [1.54, 1.807) is 6.08 Å². The molecular formula is C13H17NO. The summed E-state index contributed by atoms with van der Waals surface area (Å²) in [5, 5.41) is 2.90. The minimum Gasteiger partial charge on any atom is -0.326 e. The highest BCUT2D eigenvalue weighted by atomic mass is 16.1. The Balaban J connectivity index is 2.68. The molecule has 0 aromatic heterocycles. The first-order chi connectivity index (χ1) is 7.15. The smallest absolute Gasteiger partial charge is 0.224 e. The van der Waals surface area contributed by atoms with Crippen molar-refractivity contribution >= 4 is 11.6 Å². The molecule has 0 radical (unpaired) electrons. The van der Waals surface area contributed by atoms with Crippen LogP contribution in [0, 0.1) is 13.8 Å². The monoisotopic (exact) mass is 203 g/mol. The second kappa shape index (κ2) is 5.35. The Hall–Kier alpha value is -1.57. The highest BCUT2D eigenvalue weighted by molar-refractivity contribution is 5.91. The number of allylic oxidation sites excluding steroid dienone is 1. The molecule has 2 heteroatoms. The van der Waals surface area contributed by atoms with Crippen LogP contribution in [0.5, 0.6) is 0 Å². The second-order valence-corrected chi connectivity index (χ2v) is 3.62. The molecule has 0 spiro atoms. The first kappa shape index (κ1) is 11.5. The summed E-state index contributed by atoms with van der Waals surface area (Å²) < 4.78 is 0. The summed E-state index contributed by atoms with van der Waals surface area (Å²) in [5.74, 6) is 0.0450. The predicted molar refractivity (Wildman–Crippen MR) is 64.0 cm³/mol. The van der Waals surface area contributed by atoms with Crippen molar-refractivity contribution in [1.82, 2.24) is 0 Å². The van der Waals surface area contributed by atoms with Gasteiger partial charge in [0, 0.05) is 12.1 Å². The molecule has 1 amide bonds. The molecule has 0 saturated heterocycles. The number of hydrogen-bond donors (Lipinski definition) is 1. The molecule has 0 heterocycles. The van der Waals surface area contributed by atoms with Crippen molar-refractivity contribution in [3.63, 3.8) is 0 Å². The lowest BCUT2D eigenvalue weighted by Gasteiger charge is -2.09. The molecule has 15 heavy (non-hydrogen) atoms. The standard InChI is InChI=1S/C13H17NO/c1-4-5-9-13(15)14-12-8-6-7-10(2)11(12)3/h4,6-8H,1,5,9H2,2-3H3,(H,14,15). The number of anilines is 1. The van der Waals surface area contributed by atoms with Crippen LogP contribution in [-0.4, -0.2) is 5.91 Å². The fourth-order valence-corrected chi connectivity index (χ4v) is 1.33. The van der Waals surface area contributed by atoms with Gasteiger partial charge >= 0.3 is 0 Å². The maximum absolute atomic E-state index is 11.5. The number of amides is 1. The van der Waals surface area contributed by atoms with E-state index < -0.39 is 0 Å². The van der Waals surface area contributed by atoms with Gasteiger partial charge in [-0.05, 0) is 37.5 Å². The van der Waals surface area contributed by atoms with Crippen molar-refractivity contribution in [2.45, 2.75) is 26.7 Å². The van der Waals surface area contributed by atoms with E-state index >= 15 is 0 Å². The highest BCUT2D eigenvalue weighted by Crippen LogP contribution is 2.18. The maximum Gasteiger partial charge on any atom is 0.224 e. The van der Waals surface area contributed by atoms with Gasteiger partial charge in [0.15, 0.2) is 0 Å². The molecule has 0 saturated carbocycles. The van der Waals surface area contributed by atoms with Crippen molar-refractivity contribution in [2.75, 3.05) is 5.32 Å². The van der Waals surface area contributed by atoms with Crippen LogP contribution in [0.1, 0.15) is 24.0 Å². The van der Waals surface area contributed by atoms with Crippen molar-refractivity contribution < 1.29 is 4.79 Å². The van der Waals surface area contributed by atoms with Crippen LogP contribution in [0.15, 0.2) is 30.9 Å². The minimum atomic E-state index is 0.0450. The molecule has 1 aromatic rings. The van der Waals surface area contributed by atoms with Gasteiger partial charge in [0.25, 0.3) is 0 Å². The van der Waals surface area contributed by atoms with Crippen LogP contribution in [0.25, 0.3) is 0 Å². The maximum atomic E-state index is 11.5. The number of rotatable bonds is 4. The lowest BCUT2D eigenvalue weighted by molar-refractivity contribution is -0.116. The SMILES string of the molecule is C=CCCC(=O)Nc1cccc(C)c1C. The fraction of sp³-hybridized carbons (Fsp3) is 0.308. The molecular weight excluding hydrogens is 186 g/mol. The van der Waals surface area contributed by atoms with Gasteiger partial charge in [0.1, 0.15) is 0 Å². The van der Waals surface area contributed by atoms with Gasteiger partial charge < -0.3 is 5.32 Å². The lowest BCUT2D eigenvalue weighted by Crippen LogP contribution is -2.11. The zero-order valence-electron chi connectivity index (χ0n) is 9.34. The molecule has 1 rings (SSSR count). The summed E-state index contributed by atoms with van der Waals surface area (Å²) in [6.45, 7) is 7.64. The van der Waals surface area contributed by atoms with Gasteiger partial charge in [-0.25, -0.2) is 0 Å². The zero-order valence-corrected chi connectivity index (χ0v) is 9.34. The van der Waals surface area contributed by atoms with Gasteiger partial charge in [0.2, 0.25) is 5.91 Å². The summed E-state index contributed by atoms with van der Waals surface area (Å²) in [5.41, 5.74) is 3.23. The average molecular weight is 203 g/mol. The first-order valence-corrected chi connectivity index (χ1v) is 5.12. The number of aryl methyl sites for hydroxylation is 1. The molecule has 80 valence electrons. The van der Waals surface area contributed by atoms with Crippen LogP contribution in [0.2, 0.25) is 0 Å². The van der Waals surface area contributed by atoms with Crippen LogP contribution < -0.4 is 5.32 Å². The van der Waals surface area contributed by atoms with Gasteiger partial charge in [-0.1, -0.05) is 18.2 Å². The molecule has 1 N–H and O–H groups in total. The lowest BCUT2D eigenvalue weighted by atomic mass is 10.1. The molecule has 0 fully saturated rings. The molecule has 1 aromatic carbocycles. The molecule has 0 aliphatic rings. The van der Waals surface area contributed by atoms with E-state index in [1.807, 2.05) is 32.0 Å². The van der Waals surface area contributed by atoms with E-state index in [4.69, 9.17) is 0 Å². The van der Waals surface area contributed by atoms with Crippen LogP contribution in [0.3, 0.4) is 0 Å². The highest BCUT2D eigenvalue weighted by Gasteiger charge is 2.04. The van der Waals surface area contributed by atoms with E-state index in [9.17, 15) is 4.79 Å². The third-order valence-electron chi connectivity index (χ3n) is 2.45. The Labute approximate surface area is 91.0 Å². The normalized spacial score (nSPS) is 9.73. The van der Waals surface area contributed by atoms with Gasteiger partial charge in [-0.3, -0.25) is 4.79 Å². The summed E-state index contributed by atoms with van der Waals surface area (Å²) in [4.78, 5) is 11.5. The van der Waals surface area contributed by atoms with Gasteiger partial charge in [-0.2, -0.15) is 0 Å². The fourth-order valence-electron chi connectivity index (χ4n) is 1.33. The van der Waals surface area contributed by atoms with E-state index in [2.05, 4.69) is 11.9 Å². The molecule has 0 aliphatic carbocycles. The molecule has 0 aliphatic heterocycles. The number of benzene rings is 1. The Morgan fingerprint density at radius 3 is 2.87 bits per heavy atom. The van der Waals surface area contributed by atoms with Crippen molar-refractivity contribution in [3.8, 4) is 0 Å². The van der Waals surface area contributed by atoms with Crippen molar-refractivity contribution in [1.29, 1.82) is 0 Å². The zero-order chi connectivity index (χ0) is 11.3. The average Bonchev–Trinajstić information content (AvgIpc) is 2.22. The first-order valence-electron chi connectivity index (χ1n) is 5.12. The van der Waals surface area contributed by atoms with E-state index in [0.29, 0.717) is 6.42 Å². The summed E-state index contributed by atoms with van der Waals surface area (Å²) in [7, 11) is 0. The number of carbonyl (C=O) groups is 1. The van der Waals surface area contributed by atoms with Gasteiger partial charge in [-0.15, -0.1) is 6.58 Å².